The Labute approximate surface area is 204 Å². The topological polar surface area (TPSA) is 88.1 Å². The van der Waals surface area contributed by atoms with E-state index in [9.17, 15) is 4.79 Å². The molecule has 0 saturated carbocycles. The molecule has 5 rings (SSSR count). The average molecular weight is 526 g/mol. The van der Waals surface area contributed by atoms with Crippen molar-refractivity contribution in [3.05, 3.63) is 42.1 Å². The summed E-state index contributed by atoms with van der Waals surface area (Å²) in [6, 6.07) is 13.0. The van der Waals surface area contributed by atoms with Crippen molar-refractivity contribution >= 4 is 40.5 Å². The molecule has 0 aliphatic carbocycles. The lowest BCUT2D eigenvalue weighted by Gasteiger charge is -2.38. The van der Waals surface area contributed by atoms with Gasteiger partial charge in [-0.3, -0.25) is 9.69 Å². The number of para-hydroxylation sites is 1. The van der Waals surface area contributed by atoms with E-state index >= 15 is 0 Å². The first kappa shape index (κ1) is 25.0. The van der Waals surface area contributed by atoms with Gasteiger partial charge in [0.05, 0.1) is 23.3 Å². The third-order valence-corrected chi connectivity index (χ3v) is 7.40. The van der Waals surface area contributed by atoms with E-state index in [1.807, 2.05) is 22.7 Å². The summed E-state index contributed by atoms with van der Waals surface area (Å²) >= 11 is 1.85. The molecule has 1 aromatic heterocycles. The number of thioether (sulfide) groups is 1. The number of hydrogen-bond donors (Lipinski definition) is 1. The van der Waals surface area contributed by atoms with Crippen molar-refractivity contribution in [3.63, 3.8) is 0 Å². The summed E-state index contributed by atoms with van der Waals surface area (Å²) in [6.07, 6.45) is 0.932. The van der Waals surface area contributed by atoms with Gasteiger partial charge in [0.15, 0.2) is 0 Å². The molecule has 10 heteroatoms. The lowest BCUT2D eigenvalue weighted by Crippen LogP contribution is -2.51. The van der Waals surface area contributed by atoms with Gasteiger partial charge in [0.2, 0.25) is 5.91 Å². The number of amides is 1. The van der Waals surface area contributed by atoms with E-state index in [0.29, 0.717) is 11.9 Å². The molecule has 2 aromatic rings. The van der Waals surface area contributed by atoms with Crippen molar-refractivity contribution in [1.29, 1.82) is 0 Å². The van der Waals surface area contributed by atoms with Crippen molar-refractivity contribution in [2.75, 3.05) is 55.8 Å². The number of aryl methyl sites for hydroxylation is 1. The van der Waals surface area contributed by atoms with Crippen LogP contribution in [0, 0.1) is 6.92 Å². The number of nitrogens with zero attached hydrogens (tertiary/aromatic N) is 5. The Hall–Kier alpha value is -1.59. The highest BCUT2D eigenvalue weighted by Crippen LogP contribution is 2.25. The third kappa shape index (κ3) is 5.14. The zero-order valence-electron chi connectivity index (χ0n) is 18.4. The molecule has 2 atom stereocenters. The average Bonchev–Trinajstić information content (AvgIpc) is 3.55. The Kier molecular flexibility index (Phi) is 8.62. The zero-order chi connectivity index (χ0) is 20.5. The number of halogens is 1. The van der Waals surface area contributed by atoms with Crippen LogP contribution in [-0.2, 0) is 4.79 Å². The minimum absolute atomic E-state index is 0. The van der Waals surface area contributed by atoms with Crippen LogP contribution in [0.5, 0.6) is 0 Å². The van der Waals surface area contributed by atoms with Gasteiger partial charge >= 0.3 is 0 Å². The highest BCUT2D eigenvalue weighted by atomic mass is 79.9. The van der Waals surface area contributed by atoms with Crippen molar-refractivity contribution in [1.82, 2.24) is 24.9 Å². The van der Waals surface area contributed by atoms with Gasteiger partial charge in [-0.05, 0) is 25.5 Å². The highest BCUT2D eigenvalue weighted by molar-refractivity contribution is 8.93. The lowest BCUT2D eigenvalue weighted by molar-refractivity contribution is -0.131. The summed E-state index contributed by atoms with van der Waals surface area (Å²) in [6.45, 7) is 7.88. The summed E-state index contributed by atoms with van der Waals surface area (Å²) in [7, 11) is 0. The molecule has 3 saturated heterocycles. The van der Waals surface area contributed by atoms with Gasteiger partial charge in [-0.25, -0.2) is 4.68 Å². The van der Waals surface area contributed by atoms with Crippen molar-refractivity contribution in [2.24, 2.45) is 0 Å². The number of nitrogens with one attached hydrogen (secondary N) is 1. The van der Waals surface area contributed by atoms with Crippen LogP contribution in [-0.4, -0.2) is 93.9 Å². The third-order valence-electron chi connectivity index (χ3n) is 6.44. The van der Waals surface area contributed by atoms with Crippen molar-refractivity contribution in [2.45, 2.75) is 25.4 Å². The molecule has 176 valence electrons. The smallest absolute Gasteiger partial charge is 0.240 e. The minimum Gasteiger partial charge on any atom is -0.412 e. The molecule has 3 N–H and O–H groups in total. The first-order valence-electron chi connectivity index (χ1n) is 10.9. The fourth-order valence-electron chi connectivity index (χ4n) is 4.78. The second-order valence-corrected chi connectivity index (χ2v) is 9.48. The van der Waals surface area contributed by atoms with E-state index in [2.05, 4.69) is 57.1 Å². The van der Waals surface area contributed by atoms with Crippen LogP contribution in [0.4, 0.5) is 5.82 Å². The molecule has 3 aliphatic rings. The molecule has 0 spiro atoms. The summed E-state index contributed by atoms with van der Waals surface area (Å²) < 4.78 is 2.06. The Morgan fingerprint density at radius 3 is 2.56 bits per heavy atom. The minimum atomic E-state index is -0.00566. The van der Waals surface area contributed by atoms with Gasteiger partial charge in [0.1, 0.15) is 5.82 Å². The maximum Gasteiger partial charge on any atom is 0.240 e. The van der Waals surface area contributed by atoms with Crippen LogP contribution in [0.3, 0.4) is 0 Å². The summed E-state index contributed by atoms with van der Waals surface area (Å²) in [5.41, 5.74) is 2.14. The van der Waals surface area contributed by atoms with E-state index in [-0.39, 0.29) is 28.5 Å². The number of carbonyl (C=O) groups is 1. The normalized spacial score (nSPS) is 23.7. The first-order chi connectivity index (χ1) is 14.7. The van der Waals surface area contributed by atoms with Crippen LogP contribution >= 0.6 is 28.7 Å². The summed E-state index contributed by atoms with van der Waals surface area (Å²) in [5.74, 6) is 3.39. The van der Waals surface area contributed by atoms with Crippen LogP contribution < -0.4 is 10.2 Å². The Morgan fingerprint density at radius 1 is 1.12 bits per heavy atom. The van der Waals surface area contributed by atoms with Gasteiger partial charge in [-0.15, -0.1) is 28.7 Å². The fraction of sp³-hybridized carbons (Fsp3) is 0.545. The maximum absolute atomic E-state index is 12.7. The Balaban J connectivity index is 0.00000144. The number of anilines is 1. The monoisotopic (exact) mass is 524 g/mol. The first-order valence-corrected chi connectivity index (χ1v) is 12.1. The predicted molar refractivity (Wildman–Crippen MR) is 135 cm³/mol. The molecule has 32 heavy (non-hydrogen) atoms. The molecule has 3 fully saturated rings. The molecule has 0 unspecified atom stereocenters. The van der Waals surface area contributed by atoms with E-state index in [0.717, 1.165) is 68.7 Å². The van der Waals surface area contributed by atoms with Gasteiger partial charge < -0.3 is 20.6 Å². The number of piperazine rings is 1. The Bertz CT molecular complexity index is 884. The van der Waals surface area contributed by atoms with Gasteiger partial charge in [-0.2, -0.15) is 5.10 Å². The maximum atomic E-state index is 12.7. The summed E-state index contributed by atoms with van der Waals surface area (Å²) in [5, 5.41) is 8.21. The van der Waals surface area contributed by atoms with Crippen LogP contribution in [0.25, 0.3) is 5.69 Å². The largest absolute Gasteiger partial charge is 0.412 e. The van der Waals surface area contributed by atoms with Crippen molar-refractivity contribution < 1.29 is 10.3 Å². The Morgan fingerprint density at radius 2 is 1.88 bits per heavy atom. The number of aromatic nitrogens is 2. The molecular weight excluding hydrogens is 492 g/mol. The van der Waals surface area contributed by atoms with E-state index in [1.54, 1.807) is 0 Å². The van der Waals surface area contributed by atoms with Crippen LogP contribution in [0.2, 0.25) is 0 Å². The molecule has 3 aliphatic heterocycles. The fourth-order valence-corrected chi connectivity index (χ4v) is 5.73. The zero-order valence-corrected chi connectivity index (χ0v) is 21.0. The van der Waals surface area contributed by atoms with E-state index in [4.69, 9.17) is 5.10 Å². The highest BCUT2D eigenvalue weighted by Gasteiger charge is 2.36. The number of carbonyl (C=O) groups excluding carboxylic acids is 1. The molecule has 1 aromatic carbocycles. The molecule has 0 bridgehead atoms. The quantitative estimate of drug-likeness (QED) is 0.648. The van der Waals surface area contributed by atoms with E-state index < -0.39 is 0 Å². The molecular formula is C22H33BrN6O2S. The van der Waals surface area contributed by atoms with Gasteiger partial charge in [0.25, 0.3) is 0 Å². The van der Waals surface area contributed by atoms with Crippen LogP contribution in [0.15, 0.2) is 36.4 Å². The van der Waals surface area contributed by atoms with Gasteiger partial charge in [-0.1, -0.05) is 18.2 Å². The number of hydrogen-bond acceptors (Lipinski definition) is 6. The predicted octanol–water partition coefficient (Wildman–Crippen LogP) is 1.32. The molecule has 1 amide bonds. The van der Waals surface area contributed by atoms with Crippen molar-refractivity contribution in [3.8, 4) is 5.69 Å². The van der Waals surface area contributed by atoms with Gasteiger partial charge in [0, 0.05) is 57.1 Å². The molecule has 8 nitrogen and oxygen atoms in total. The second-order valence-electron chi connectivity index (χ2n) is 8.40. The SMILES string of the molecule is Br.Cc1cc(N2CCN([C@@H]3CN[C@H](C(=O)N4CCSC4)C3)CC2)n(-c2ccccc2)n1.O. The number of rotatable bonds is 4. The molecule has 4 heterocycles. The lowest BCUT2D eigenvalue weighted by atomic mass is 10.1. The molecule has 0 radical (unpaired) electrons. The summed E-state index contributed by atoms with van der Waals surface area (Å²) in [4.78, 5) is 19.7. The number of benzene rings is 1. The standard InChI is InChI=1S/C22H30N6OS.BrH.H2O/c1-17-13-21(28(24-17)18-5-3-2-4-6-18)26-9-7-25(8-10-26)19-14-20(23-15-19)22(29)27-11-12-30-16-27;;/h2-6,13,19-20,23H,7-12,14-16H2,1H3;1H;1H2/t19-,20-;;/m0../s1. The van der Waals surface area contributed by atoms with Crippen LogP contribution in [0.1, 0.15) is 12.1 Å². The van der Waals surface area contributed by atoms with E-state index in [1.165, 1.54) is 5.82 Å². The second kappa shape index (κ2) is 11.0.